The standard InChI is InChI=1S/C15H18N2O/c1-11(18)10-16-15(2,3)14-9-8-12-6-4-5-7-13(12)17-14/h4-9,16H,10H2,1-3H3. The quantitative estimate of drug-likeness (QED) is 0.896. The largest absolute Gasteiger partial charge is 0.300 e. The number of carbonyl (C=O) groups excluding carboxylic acids is 1. The third-order valence-electron chi connectivity index (χ3n) is 3.02. The Balaban J connectivity index is 2.32. The SMILES string of the molecule is CC(=O)CNC(C)(C)c1ccc2ccccc2n1. The van der Waals surface area contributed by atoms with Gasteiger partial charge in [-0.2, -0.15) is 0 Å². The van der Waals surface area contributed by atoms with Gasteiger partial charge in [0.1, 0.15) is 5.78 Å². The molecule has 3 heteroatoms. The molecule has 0 bridgehead atoms. The molecule has 0 radical (unpaired) electrons. The molecular formula is C15H18N2O. The van der Waals surface area contributed by atoms with Crippen LogP contribution < -0.4 is 5.32 Å². The van der Waals surface area contributed by atoms with E-state index in [4.69, 9.17) is 0 Å². The van der Waals surface area contributed by atoms with Crippen LogP contribution in [0.3, 0.4) is 0 Å². The third kappa shape index (κ3) is 2.74. The summed E-state index contributed by atoms with van der Waals surface area (Å²) >= 11 is 0. The van der Waals surface area contributed by atoms with E-state index in [0.717, 1.165) is 16.6 Å². The average Bonchev–Trinajstić information content (AvgIpc) is 2.36. The van der Waals surface area contributed by atoms with E-state index in [1.807, 2.05) is 44.2 Å². The van der Waals surface area contributed by atoms with Crippen molar-refractivity contribution >= 4 is 16.7 Å². The van der Waals surface area contributed by atoms with Crippen LogP contribution in [0.5, 0.6) is 0 Å². The molecule has 0 aliphatic carbocycles. The highest BCUT2D eigenvalue weighted by molar-refractivity contribution is 5.79. The minimum Gasteiger partial charge on any atom is -0.300 e. The molecule has 0 aliphatic rings. The normalized spacial score (nSPS) is 11.7. The molecule has 0 saturated heterocycles. The lowest BCUT2D eigenvalue weighted by Gasteiger charge is -2.25. The minimum absolute atomic E-state index is 0.129. The fraction of sp³-hybridized carbons (Fsp3) is 0.333. The average molecular weight is 242 g/mol. The first kappa shape index (κ1) is 12.7. The van der Waals surface area contributed by atoms with Crippen molar-refractivity contribution < 1.29 is 4.79 Å². The van der Waals surface area contributed by atoms with Gasteiger partial charge in [0, 0.05) is 5.39 Å². The van der Waals surface area contributed by atoms with Crippen LogP contribution >= 0.6 is 0 Å². The molecule has 0 amide bonds. The molecule has 18 heavy (non-hydrogen) atoms. The molecular weight excluding hydrogens is 224 g/mol. The topological polar surface area (TPSA) is 42.0 Å². The number of nitrogens with zero attached hydrogens (tertiary/aromatic N) is 1. The zero-order valence-corrected chi connectivity index (χ0v) is 11.0. The number of carbonyl (C=O) groups is 1. The number of hydrogen-bond acceptors (Lipinski definition) is 3. The lowest BCUT2D eigenvalue weighted by molar-refractivity contribution is -0.116. The van der Waals surface area contributed by atoms with Gasteiger partial charge in [-0.1, -0.05) is 24.3 Å². The maximum Gasteiger partial charge on any atom is 0.143 e. The summed E-state index contributed by atoms with van der Waals surface area (Å²) in [7, 11) is 0. The Hall–Kier alpha value is -1.74. The van der Waals surface area contributed by atoms with Crippen molar-refractivity contribution in [3.05, 3.63) is 42.1 Å². The Morgan fingerprint density at radius 2 is 1.94 bits per heavy atom. The van der Waals surface area contributed by atoms with Crippen LogP contribution in [0.25, 0.3) is 10.9 Å². The lowest BCUT2D eigenvalue weighted by atomic mass is 9.98. The molecule has 0 atom stereocenters. The molecule has 94 valence electrons. The summed E-state index contributed by atoms with van der Waals surface area (Å²) in [6.07, 6.45) is 0. The van der Waals surface area contributed by atoms with Crippen molar-refractivity contribution in [1.29, 1.82) is 0 Å². The molecule has 2 rings (SSSR count). The number of benzene rings is 1. The molecule has 2 aromatic rings. The van der Waals surface area contributed by atoms with Gasteiger partial charge in [-0.15, -0.1) is 0 Å². The Labute approximate surface area is 107 Å². The predicted octanol–water partition coefficient (Wildman–Crippen LogP) is 2.65. The molecule has 1 N–H and O–H groups in total. The molecule has 1 heterocycles. The number of aromatic nitrogens is 1. The zero-order chi connectivity index (χ0) is 13.2. The van der Waals surface area contributed by atoms with Crippen molar-refractivity contribution in [2.45, 2.75) is 26.3 Å². The number of ketones is 1. The van der Waals surface area contributed by atoms with Crippen LogP contribution in [-0.2, 0) is 10.3 Å². The Bertz CT molecular complexity index is 575. The highest BCUT2D eigenvalue weighted by Crippen LogP contribution is 2.21. The van der Waals surface area contributed by atoms with E-state index in [1.54, 1.807) is 6.92 Å². The Morgan fingerprint density at radius 3 is 2.67 bits per heavy atom. The third-order valence-corrected chi connectivity index (χ3v) is 3.02. The van der Waals surface area contributed by atoms with Gasteiger partial charge in [0.2, 0.25) is 0 Å². The van der Waals surface area contributed by atoms with Crippen molar-refractivity contribution in [2.75, 3.05) is 6.54 Å². The Kier molecular flexibility index (Phi) is 3.43. The predicted molar refractivity (Wildman–Crippen MR) is 73.5 cm³/mol. The summed E-state index contributed by atoms with van der Waals surface area (Å²) in [4.78, 5) is 15.7. The summed E-state index contributed by atoms with van der Waals surface area (Å²) in [5.74, 6) is 0.129. The van der Waals surface area contributed by atoms with Crippen LogP contribution in [0.4, 0.5) is 0 Å². The van der Waals surface area contributed by atoms with Crippen LogP contribution in [0, 0.1) is 0 Å². The van der Waals surface area contributed by atoms with Crippen molar-refractivity contribution in [1.82, 2.24) is 10.3 Å². The smallest absolute Gasteiger partial charge is 0.143 e. The molecule has 0 saturated carbocycles. The van der Waals surface area contributed by atoms with Gasteiger partial charge >= 0.3 is 0 Å². The number of nitrogens with one attached hydrogen (secondary N) is 1. The summed E-state index contributed by atoms with van der Waals surface area (Å²) in [5, 5.41) is 4.36. The first-order valence-corrected chi connectivity index (χ1v) is 6.10. The minimum atomic E-state index is -0.310. The van der Waals surface area contributed by atoms with Gasteiger partial charge < -0.3 is 0 Å². The fourth-order valence-electron chi connectivity index (χ4n) is 1.85. The number of Topliss-reactive ketones (excluding diaryl/α,β-unsaturated/α-hetero) is 1. The second-order valence-electron chi connectivity index (χ2n) is 5.07. The van der Waals surface area contributed by atoms with Crippen molar-refractivity contribution in [3.63, 3.8) is 0 Å². The molecule has 0 unspecified atom stereocenters. The highest BCUT2D eigenvalue weighted by Gasteiger charge is 2.21. The van der Waals surface area contributed by atoms with Gasteiger partial charge in [0.15, 0.2) is 0 Å². The zero-order valence-electron chi connectivity index (χ0n) is 11.0. The number of para-hydroxylation sites is 1. The van der Waals surface area contributed by atoms with Gasteiger partial charge in [0.25, 0.3) is 0 Å². The van der Waals surface area contributed by atoms with Gasteiger partial charge in [0.05, 0.1) is 23.3 Å². The lowest BCUT2D eigenvalue weighted by Crippen LogP contribution is -2.39. The summed E-state index contributed by atoms with van der Waals surface area (Å²) in [5.41, 5.74) is 1.62. The van der Waals surface area contributed by atoms with E-state index in [2.05, 4.69) is 16.4 Å². The van der Waals surface area contributed by atoms with Gasteiger partial charge in [-0.25, -0.2) is 0 Å². The van der Waals surface area contributed by atoms with Gasteiger partial charge in [-0.3, -0.25) is 15.1 Å². The van der Waals surface area contributed by atoms with E-state index in [9.17, 15) is 4.79 Å². The summed E-state index contributed by atoms with van der Waals surface area (Å²) < 4.78 is 0. The van der Waals surface area contributed by atoms with Crippen LogP contribution in [-0.4, -0.2) is 17.3 Å². The summed E-state index contributed by atoms with van der Waals surface area (Å²) in [6.45, 7) is 6.01. The second kappa shape index (κ2) is 4.86. The fourth-order valence-corrected chi connectivity index (χ4v) is 1.85. The van der Waals surface area contributed by atoms with Crippen molar-refractivity contribution in [2.24, 2.45) is 0 Å². The van der Waals surface area contributed by atoms with Gasteiger partial charge in [-0.05, 0) is 32.9 Å². The van der Waals surface area contributed by atoms with E-state index in [1.165, 1.54) is 0 Å². The maximum atomic E-state index is 11.1. The Morgan fingerprint density at radius 1 is 1.22 bits per heavy atom. The number of rotatable bonds is 4. The molecule has 3 nitrogen and oxygen atoms in total. The number of pyridine rings is 1. The monoisotopic (exact) mass is 242 g/mol. The highest BCUT2D eigenvalue weighted by atomic mass is 16.1. The summed E-state index contributed by atoms with van der Waals surface area (Å²) in [6, 6.07) is 12.1. The van der Waals surface area contributed by atoms with Crippen LogP contribution in [0.1, 0.15) is 26.5 Å². The first-order valence-electron chi connectivity index (χ1n) is 6.10. The van der Waals surface area contributed by atoms with Crippen LogP contribution in [0.2, 0.25) is 0 Å². The van der Waals surface area contributed by atoms with E-state index in [0.29, 0.717) is 6.54 Å². The number of fused-ring (bicyclic) bond motifs is 1. The van der Waals surface area contributed by atoms with E-state index < -0.39 is 0 Å². The van der Waals surface area contributed by atoms with E-state index >= 15 is 0 Å². The number of hydrogen-bond donors (Lipinski definition) is 1. The first-order chi connectivity index (χ1) is 8.49. The second-order valence-corrected chi connectivity index (χ2v) is 5.07. The van der Waals surface area contributed by atoms with Crippen molar-refractivity contribution in [3.8, 4) is 0 Å². The van der Waals surface area contributed by atoms with Crippen LogP contribution in [0.15, 0.2) is 36.4 Å². The maximum absolute atomic E-state index is 11.1. The molecule has 0 spiro atoms. The molecule has 1 aromatic carbocycles. The molecule has 0 aliphatic heterocycles. The van der Waals surface area contributed by atoms with E-state index in [-0.39, 0.29) is 11.3 Å². The molecule has 1 aromatic heterocycles. The molecule has 0 fully saturated rings.